The van der Waals surface area contributed by atoms with E-state index in [0.29, 0.717) is 6.42 Å². The summed E-state index contributed by atoms with van der Waals surface area (Å²) < 4.78 is 4.58. The Morgan fingerprint density at radius 1 is 1.47 bits per heavy atom. The van der Waals surface area contributed by atoms with Crippen LogP contribution >= 0.6 is 0 Å². The van der Waals surface area contributed by atoms with Crippen LogP contribution in [0.3, 0.4) is 0 Å². The Morgan fingerprint density at radius 3 is 2.80 bits per heavy atom. The van der Waals surface area contributed by atoms with E-state index in [0.717, 1.165) is 12.0 Å². The Balaban J connectivity index is 2.55. The third kappa shape index (κ3) is 3.98. The molecule has 0 heterocycles. The van der Waals surface area contributed by atoms with Crippen LogP contribution in [0.15, 0.2) is 36.4 Å². The average Bonchev–Trinajstić information content (AvgIpc) is 2.17. The number of methoxy groups -OCH3 is 1. The number of esters is 1. The highest BCUT2D eigenvalue weighted by Gasteiger charge is 2.04. The van der Waals surface area contributed by atoms with Gasteiger partial charge in [-0.3, -0.25) is 4.79 Å². The summed E-state index contributed by atoms with van der Waals surface area (Å²) in [4.78, 5) is 11.0. The van der Waals surface area contributed by atoms with E-state index >= 15 is 0 Å². The minimum absolute atomic E-state index is 0.229. The van der Waals surface area contributed by atoms with Gasteiger partial charge in [-0.2, -0.15) is 0 Å². The van der Waals surface area contributed by atoms with Crippen molar-refractivity contribution in [3.8, 4) is 0 Å². The van der Waals surface area contributed by atoms with E-state index in [-0.39, 0.29) is 5.97 Å². The first-order valence-corrected chi connectivity index (χ1v) is 4.91. The molecule has 2 nitrogen and oxygen atoms in total. The van der Waals surface area contributed by atoms with Gasteiger partial charge in [0, 0.05) is 0 Å². The van der Waals surface area contributed by atoms with Crippen LogP contribution in [0.4, 0.5) is 0 Å². The van der Waals surface area contributed by atoms with Crippen molar-refractivity contribution in [1.29, 1.82) is 0 Å². The monoisotopic (exact) mass is 204 g/mol. The molecule has 0 aliphatic heterocycles. The van der Waals surface area contributed by atoms with Crippen molar-refractivity contribution in [2.45, 2.75) is 19.8 Å². The van der Waals surface area contributed by atoms with Crippen LogP contribution in [0.5, 0.6) is 0 Å². The zero-order valence-corrected chi connectivity index (χ0v) is 9.25. The summed E-state index contributed by atoms with van der Waals surface area (Å²) in [6, 6.07) is 8.20. The highest BCUT2D eigenvalue weighted by Crippen LogP contribution is 2.11. The van der Waals surface area contributed by atoms with E-state index in [9.17, 15) is 4.79 Å². The van der Waals surface area contributed by atoms with E-state index in [1.807, 2.05) is 25.1 Å². The molecule has 1 aromatic carbocycles. The predicted molar refractivity (Wildman–Crippen MR) is 60.7 cm³/mol. The average molecular weight is 204 g/mol. The summed E-state index contributed by atoms with van der Waals surface area (Å²) in [6.45, 7) is 5.91. The molecule has 80 valence electrons. The van der Waals surface area contributed by atoms with Crippen LogP contribution in [0.25, 0.3) is 0 Å². The van der Waals surface area contributed by atoms with Crippen LogP contribution in [-0.4, -0.2) is 13.1 Å². The SMILES string of the molecule is C=C(CC(=O)OC)Cc1cccc(C)c1. The molecule has 0 fully saturated rings. The highest BCUT2D eigenvalue weighted by atomic mass is 16.5. The molecule has 0 saturated carbocycles. The molecule has 0 unspecified atom stereocenters. The van der Waals surface area contributed by atoms with Gasteiger partial charge in [-0.15, -0.1) is 0 Å². The van der Waals surface area contributed by atoms with Crippen LogP contribution in [-0.2, 0) is 16.0 Å². The van der Waals surface area contributed by atoms with Gasteiger partial charge in [-0.05, 0) is 18.9 Å². The van der Waals surface area contributed by atoms with E-state index in [2.05, 4.69) is 17.4 Å². The van der Waals surface area contributed by atoms with Crippen LogP contribution in [0, 0.1) is 6.92 Å². The van der Waals surface area contributed by atoms with Gasteiger partial charge in [-0.1, -0.05) is 42.0 Å². The molecule has 0 aromatic heterocycles. The number of ether oxygens (including phenoxy) is 1. The minimum Gasteiger partial charge on any atom is -0.469 e. The lowest BCUT2D eigenvalue weighted by molar-refractivity contribution is -0.139. The van der Waals surface area contributed by atoms with Crippen molar-refractivity contribution in [3.63, 3.8) is 0 Å². The zero-order valence-electron chi connectivity index (χ0n) is 9.25. The lowest BCUT2D eigenvalue weighted by Gasteiger charge is -2.05. The normalized spacial score (nSPS) is 9.73. The molecule has 15 heavy (non-hydrogen) atoms. The summed E-state index contributed by atoms with van der Waals surface area (Å²) >= 11 is 0. The molecular weight excluding hydrogens is 188 g/mol. The van der Waals surface area contributed by atoms with Crippen molar-refractivity contribution in [2.24, 2.45) is 0 Å². The summed E-state index contributed by atoms with van der Waals surface area (Å²) in [5.41, 5.74) is 3.29. The van der Waals surface area contributed by atoms with Crippen LogP contribution < -0.4 is 0 Å². The largest absolute Gasteiger partial charge is 0.469 e. The van der Waals surface area contributed by atoms with E-state index in [1.54, 1.807) is 0 Å². The van der Waals surface area contributed by atoms with Gasteiger partial charge < -0.3 is 4.74 Å². The van der Waals surface area contributed by atoms with Gasteiger partial charge in [0.15, 0.2) is 0 Å². The lowest BCUT2D eigenvalue weighted by Crippen LogP contribution is -2.02. The molecular formula is C13H16O2. The Morgan fingerprint density at radius 2 is 2.20 bits per heavy atom. The number of rotatable bonds is 4. The fourth-order valence-electron chi connectivity index (χ4n) is 1.45. The standard InChI is InChI=1S/C13H16O2/c1-10-5-4-6-12(7-10)8-11(2)9-13(14)15-3/h4-7H,2,8-9H2,1,3H3. The predicted octanol–water partition coefficient (Wildman–Crippen LogP) is 2.66. The van der Waals surface area contributed by atoms with Crippen LogP contribution in [0.2, 0.25) is 0 Å². The summed E-state index contributed by atoms with van der Waals surface area (Å²) in [5.74, 6) is -0.229. The van der Waals surface area contributed by atoms with Gasteiger partial charge >= 0.3 is 5.97 Å². The molecule has 1 aromatic rings. The second-order valence-corrected chi connectivity index (χ2v) is 3.67. The number of carbonyl (C=O) groups excluding carboxylic acids is 1. The lowest BCUT2D eigenvalue weighted by atomic mass is 10.0. The number of aryl methyl sites for hydroxylation is 1. The fourth-order valence-corrected chi connectivity index (χ4v) is 1.45. The highest BCUT2D eigenvalue weighted by molar-refractivity contribution is 5.72. The van der Waals surface area contributed by atoms with Crippen molar-refractivity contribution in [1.82, 2.24) is 0 Å². The maximum absolute atomic E-state index is 11.0. The number of hydrogen-bond donors (Lipinski definition) is 0. The zero-order chi connectivity index (χ0) is 11.3. The minimum atomic E-state index is -0.229. The fraction of sp³-hybridized carbons (Fsp3) is 0.308. The molecule has 2 heteroatoms. The molecule has 0 aliphatic carbocycles. The van der Waals surface area contributed by atoms with Crippen molar-refractivity contribution < 1.29 is 9.53 Å². The first kappa shape index (κ1) is 11.5. The van der Waals surface area contributed by atoms with Gasteiger partial charge in [0.1, 0.15) is 0 Å². The molecule has 0 radical (unpaired) electrons. The van der Waals surface area contributed by atoms with Gasteiger partial charge in [-0.25, -0.2) is 0 Å². The quantitative estimate of drug-likeness (QED) is 0.556. The molecule has 0 amide bonds. The van der Waals surface area contributed by atoms with Gasteiger partial charge in [0.05, 0.1) is 13.5 Å². The molecule has 0 spiro atoms. The number of benzene rings is 1. The van der Waals surface area contributed by atoms with Crippen molar-refractivity contribution in [3.05, 3.63) is 47.5 Å². The number of carbonyl (C=O) groups is 1. The molecule has 1 rings (SSSR count). The topological polar surface area (TPSA) is 26.3 Å². The van der Waals surface area contributed by atoms with E-state index in [1.165, 1.54) is 18.2 Å². The van der Waals surface area contributed by atoms with Gasteiger partial charge in [0.2, 0.25) is 0 Å². The third-order valence-corrected chi connectivity index (χ3v) is 2.16. The maximum atomic E-state index is 11.0. The molecule has 0 atom stereocenters. The Labute approximate surface area is 90.6 Å². The molecule has 0 aliphatic rings. The second-order valence-electron chi connectivity index (χ2n) is 3.67. The second kappa shape index (κ2) is 5.35. The smallest absolute Gasteiger partial charge is 0.309 e. The van der Waals surface area contributed by atoms with Crippen molar-refractivity contribution >= 4 is 5.97 Å². The molecule has 0 bridgehead atoms. The van der Waals surface area contributed by atoms with E-state index in [4.69, 9.17) is 0 Å². The number of hydrogen-bond acceptors (Lipinski definition) is 2. The van der Waals surface area contributed by atoms with Gasteiger partial charge in [0.25, 0.3) is 0 Å². The Bertz CT molecular complexity index is 367. The maximum Gasteiger partial charge on any atom is 0.309 e. The summed E-state index contributed by atoms with van der Waals surface area (Å²) in [5, 5.41) is 0. The van der Waals surface area contributed by atoms with E-state index < -0.39 is 0 Å². The first-order valence-electron chi connectivity index (χ1n) is 4.91. The van der Waals surface area contributed by atoms with Crippen LogP contribution in [0.1, 0.15) is 17.5 Å². The molecule has 0 saturated heterocycles. The molecule has 0 N–H and O–H groups in total. The summed E-state index contributed by atoms with van der Waals surface area (Å²) in [6.07, 6.45) is 1.03. The summed E-state index contributed by atoms with van der Waals surface area (Å²) in [7, 11) is 1.39. The Hall–Kier alpha value is -1.57. The Kier molecular flexibility index (Phi) is 4.10. The third-order valence-electron chi connectivity index (χ3n) is 2.16. The first-order chi connectivity index (χ1) is 7.11. The van der Waals surface area contributed by atoms with Crippen molar-refractivity contribution in [2.75, 3.05) is 7.11 Å².